The largest absolute Gasteiger partial charge is 0.487 e. The van der Waals surface area contributed by atoms with E-state index in [-0.39, 0.29) is 17.9 Å². The lowest BCUT2D eigenvalue weighted by Gasteiger charge is -2.12. The number of hydrogen-bond donors (Lipinski definition) is 3. The Morgan fingerprint density at radius 1 is 1.06 bits per heavy atom. The zero-order valence-corrected chi connectivity index (χ0v) is 19.4. The number of nitrogens with zero attached hydrogens (tertiary/aromatic N) is 1. The van der Waals surface area contributed by atoms with Crippen molar-refractivity contribution in [3.8, 4) is 5.75 Å². The zero-order valence-electron chi connectivity index (χ0n) is 19.4. The van der Waals surface area contributed by atoms with Gasteiger partial charge in [0.15, 0.2) is 0 Å². The predicted molar refractivity (Wildman–Crippen MR) is 130 cm³/mol. The van der Waals surface area contributed by atoms with Gasteiger partial charge in [-0.1, -0.05) is 12.1 Å². The van der Waals surface area contributed by atoms with E-state index in [9.17, 15) is 14.7 Å². The quantitative estimate of drug-likeness (QED) is 0.448. The van der Waals surface area contributed by atoms with Crippen LogP contribution in [0.3, 0.4) is 0 Å². The number of carbonyl (C=O) groups is 2. The highest BCUT2D eigenvalue weighted by Gasteiger charge is 2.24. The maximum absolute atomic E-state index is 12.8. The minimum Gasteiger partial charge on any atom is -0.487 e. The first-order valence-corrected chi connectivity index (χ1v) is 11.4. The molecular weight excluding hydrogens is 430 g/mol. The van der Waals surface area contributed by atoms with Crippen molar-refractivity contribution in [2.24, 2.45) is 0 Å². The Morgan fingerprint density at radius 2 is 1.79 bits per heavy atom. The number of nitrogens with one attached hydrogen (secondary N) is 2. The lowest BCUT2D eigenvalue weighted by Crippen LogP contribution is -2.25. The zero-order chi connectivity index (χ0) is 24.1. The molecule has 0 spiro atoms. The molecule has 1 aliphatic rings. The molecule has 1 unspecified atom stereocenters. The summed E-state index contributed by atoms with van der Waals surface area (Å²) in [5.41, 5.74) is 4.25. The number of carbonyl (C=O) groups excluding carboxylic acids is 2. The molecule has 3 aromatic rings. The Bertz CT molecular complexity index is 1150. The summed E-state index contributed by atoms with van der Waals surface area (Å²) in [6.45, 7) is 3.93. The fourth-order valence-electron chi connectivity index (χ4n) is 3.45. The van der Waals surface area contributed by atoms with Crippen molar-refractivity contribution >= 4 is 17.5 Å². The monoisotopic (exact) mass is 459 g/mol. The van der Waals surface area contributed by atoms with Gasteiger partial charge in [0.2, 0.25) is 0 Å². The highest BCUT2D eigenvalue weighted by Crippen LogP contribution is 2.22. The van der Waals surface area contributed by atoms with E-state index in [4.69, 9.17) is 4.74 Å². The Hall–Kier alpha value is -3.71. The third kappa shape index (κ3) is 6.42. The summed E-state index contributed by atoms with van der Waals surface area (Å²) in [5.74, 6) is 0.248. The van der Waals surface area contributed by atoms with E-state index in [2.05, 4.69) is 15.6 Å². The summed E-state index contributed by atoms with van der Waals surface area (Å²) >= 11 is 0. The Kier molecular flexibility index (Phi) is 7.23. The van der Waals surface area contributed by atoms with Crippen LogP contribution in [0, 0.1) is 6.92 Å². The van der Waals surface area contributed by atoms with Crippen LogP contribution in [0.2, 0.25) is 0 Å². The van der Waals surface area contributed by atoms with Crippen molar-refractivity contribution < 1.29 is 19.4 Å². The Balaban J connectivity index is 1.33. The molecule has 0 radical (unpaired) electrons. The normalized spacial score (nSPS) is 13.7. The summed E-state index contributed by atoms with van der Waals surface area (Å²) < 4.78 is 5.78. The van der Waals surface area contributed by atoms with Gasteiger partial charge in [0.05, 0.1) is 11.8 Å². The number of benzene rings is 2. The number of rotatable bonds is 9. The number of aromatic nitrogens is 1. The average molecular weight is 460 g/mol. The molecule has 1 fully saturated rings. The van der Waals surface area contributed by atoms with Crippen molar-refractivity contribution in [2.45, 2.75) is 51.9 Å². The van der Waals surface area contributed by atoms with Crippen LogP contribution in [-0.2, 0) is 13.0 Å². The molecule has 1 aromatic heterocycles. The van der Waals surface area contributed by atoms with Gasteiger partial charge >= 0.3 is 0 Å². The van der Waals surface area contributed by atoms with Crippen LogP contribution < -0.4 is 15.4 Å². The predicted octanol–water partition coefficient (Wildman–Crippen LogP) is 4.04. The molecule has 2 amide bonds. The molecular formula is C27H29N3O4. The molecule has 3 N–H and O–H groups in total. The number of pyridine rings is 1. The standard InChI is InChI=1S/C27H29N3O4/c1-17-3-5-21(27(33)29-22-9-10-22)14-25(17)30-26(32)20-6-11-24(12-7-20)34-16-23-8-4-19(15-28-23)13-18(2)31/h3-8,11-12,14-15,18,22,31H,9-10,13,16H2,1-2H3,(H,29,33)(H,30,32). The molecule has 1 aliphatic carbocycles. The number of aliphatic hydroxyl groups is 1. The number of aryl methyl sites for hydroxylation is 1. The van der Waals surface area contributed by atoms with Crippen LogP contribution in [0.25, 0.3) is 0 Å². The SMILES string of the molecule is Cc1ccc(C(=O)NC2CC2)cc1NC(=O)c1ccc(OCc2ccc(CC(C)O)cn2)cc1. The van der Waals surface area contributed by atoms with Crippen LogP contribution in [0.15, 0.2) is 60.8 Å². The highest BCUT2D eigenvalue weighted by atomic mass is 16.5. The van der Waals surface area contributed by atoms with Crippen LogP contribution in [0.1, 0.15) is 57.3 Å². The van der Waals surface area contributed by atoms with Gasteiger partial charge in [-0.05, 0) is 86.7 Å². The van der Waals surface area contributed by atoms with Gasteiger partial charge in [0.1, 0.15) is 12.4 Å². The molecule has 4 rings (SSSR count). The molecule has 7 nitrogen and oxygen atoms in total. The fraction of sp³-hybridized carbons (Fsp3) is 0.296. The minimum atomic E-state index is -0.403. The van der Waals surface area contributed by atoms with Crippen LogP contribution in [-0.4, -0.2) is 34.1 Å². The summed E-state index contributed by atoms with van der Waals surface area (Å²) in [6, 6.07) is 16.3. The van der Waals surface area contributed by atoms with Crippen LogP contribution in [0.5, 0.6) is 5.75 Å². The number of ether oxygens (including phenoxy) is 1. The van der Waals surface area contributed by atoms with Gasteiger partial charge in [0, 0.05) is 29.1 Å². The van der Waals surface area contributed by atoms with Crippen molar-refractivity contribution in [1.82, 2.24) is 10.3 Å². The first kappa shape index (κ1) is 23.4. The third-order valence-corrected chi connectivity index (χ3v) is 5.58. The van der Waals surface area contributed by atoms with E-state index in [1.165, 1.54) is 0 Å². The molecule has 34 heavy (non-hydrogen) atoms. The Labute approximate surface area is 199 Å². The van der Waals surface area contributed by atoms with E-state index >= 15 is 0 Å². The molecule has 1 saturated carbocycles. The van der Waals surface area contributed by atoms with E-state index in [0.717, 1.165) is 29.7 Å². The minimum absolute atomic E-state index is 0.119. The molecule has 1 heterocycles. The highest BCUT2D eigenvalue weighted by molar-refractivity contribution is 6.05. The second-order valence-corrected chi connectivity index (χ2v) is 8.76. The lowest BCUT2D eigenvalue weighted by atomic mass is 10.1. The summed E-state index contributed by atoms with van der Waals surface area (Å²) in [7, 11) is 0. The van der Waals surface area contributed by atoms with E-state index in [1.54, 1.807) is 49.5 Å². The maximum atomic E-state index is 12.8. The summed E-state index contributed by atoms with van der Waals surface area (Å²) in [4.78, 5) is 29.4. The van der Waals surface area contributed by atoms with Crippen molar-refractivity contribution in [3.05, 3.63) is 88.7 Å². The topological polar surface area (TPSA) is 101 Å². The van der Waals surface area contributed by atoms with Gasteiger partial charge in [-0.2, -0.15) is 0 Å². The first-order valence-electron chi connectivity index (χ1n) is 11.4. The summed E-state index contributed by atoms with van der Waals surface area (Å²) in [6.07, 6.45) is 3.95. The van der Waals surface area contributed by atoms with Crippen molar-refractivity contribution in [1.29, 1.82) is 0 Å². The molecule has 7 heteroatoms. The van der Waals surface area contributed by atoms with Crippen LogP contribution >= 0.6 is 0 Å². The van der Waals surface area contributed by atoms with E-state index < -0.39 is 6.10 Å². The molecule has 0 aliphatic heterocycles. The van der Waals surface area contributed by atoms with Gasteiger partial charge in [0.25, 0.3) is 11.8 Å². The fourth-order valence-corrected chi connectivity index (χ4v) is 3.45. The van der Waals surface area contributed by atoms with Crippen LogP contribution in [0.4, 0.5) is 5.69 Å². The molecule has 176 valence electrons. The number of amides is 2. The number of aliphatic hydroxyl groups excluding tert-OH is 1. The van der Waals surface area contributed by atoms with E-state index in [1.807, 2.05) is 25.1 Å². The second kappa shape index (κ2) is 10.5. The molecule has 0 bridgehead atoms. The smallest absolute Gasteiger partial charge is 0.255 e. The first-order chi connectivity index (χ1) is 16.4. The average Bonchev–Trinajstić information content (AvgIpc) is 3.64. The summed E-state index contributed by atoms with van der Waals surface area (Å²) in [5, 5.41) is 15.3. The van der Waals surface area contributed by atoms with Gasteiger partial charge < -0.3 is 20.5 Å². The Morgan fingerprint density at radius 3 is 2.44 bits per heavy atom. The number of anilines is 1. The molecule has 1 atom stereocenters. The van der Waals surface area contributed by atoms with Crippen molar-refractivity contribution in [2.75, 3.05) is 5.32 Å². The van der Waals surface area contributed by atoms with E-state index in [0.29, 0.717) is 35.6 Å². The second-order valence-electron chi connectivity index (χ2n) is 8.76. The maximum Gasteiger partial charge on any atom is 0.255 e. The van der Waals surface area contributed by atoms with Gasteiger partial charge in [-0.25, -0.2) is 0 Å². The molecule has 2 aromatic carbocycles. The third-order valence-electron chi connectivity index (χ3n) is 5.58. The van der Waals surface area contributed by atoms with Gasteiger partial charge in [-0.15, -0.1) is 0 Å². The van der Waals surface area contributed by atoms with Crippen molar-refractivity contribution in [3.63, 3.8) is 0 Å². The lowest BCUT2D eigenvalue weighted by molar-refractivity contribution is 0.0949. The van der Waals surface area contributed by atoms with Gasteiger partial charge in [-0.3, -0.25) is 14.6 Å². The molecule has 0 saturated heterocycles. The number of hydrogen-bond acceptors (Lipinski definition) is 5.